The van der Waals surface area contributed by atoms with Crippen molar-refractivity contribution >= 4 is 23.6 Å². The minimum atomic E-state index is -0.786. The predicted octanol–water partition coefficient (Wildman–Crippen LogP) is 3.93. The van der Waals surface area contributed by atoms with E-state index in [1.54, 1.807) is 11.8 Å². The average Bonchev–Trinajstić information content (AvgIpc) is 2.88. The highest BCUT2D eigenvalue weighted by molar-refractivity contribution is 7.99. The van der Waals surface area contributed by atoms with E-state index >= 15 is 0 Å². The number of aliphatic hydroxyl groups excluding tert-OH is 1. The summed E-state index contributed by atoms with van der Waals surface area (Å²) in [5, 5.41) is 17.9. The number of carbonyl (C=O) groups is 2. The molecule has 4 rings (SSSR count). The molecule has 7 heteroatoms. The third-order valence-corrected chi connectivity index (χ3v) is 9.05. The van der Waals surface area contributed by atoms with E-state index in [9.17, 15) is 14.7 Å². The van der Waals surface area contributed by atoms with Crippen molar-refractivity contribution in [2.75, 3.05) is 24.6 Å². The highest BCUT2D eigenvalue weighted by atomic mass is 32.2. The SMILES string of the molecule is CC(C)(C)NC(=O)[C@@H]1C[C@@H]2CCCC[C@@H]2CN1C[C@@H](O)[C@H](Cc1ccccc1)NC(=O)C1=CCCSC1. The number of fused-ring (bicyclic) bond motifs is 1. The molecule has 2 aliphatic heterocycles. The minimum absolute atomic E-state index is 0.0526. The van der Waals surface area contributed by atoms with E-state index in [4.69, 9.17) is 0 Å². The Kier molecular flexibility index (Phi) is 9.76. The Morgan fingerprint density at radius 3 is 2.54 bits per heavy atom. The van der Waals surface area contributed by atoms with Crippen LogP contribution in [-0.4, -0.2) is 70.1 Å². The van der Waals surface area contributed by atoms with Crippen LogP contribution < -0.4 is 10.6 Å². The summed E-state index contributed by atoms with van der Waals surface area (Å²) in [6.45, 7) is 7.24. The highest BCUT2D eigenvalue weighted by Crippen LogP contribution is 2.39. The summed E-state index contributed by atoms with van der Waals surface area (Å²) in [7, 11) is 0. The Labute approximate surface area is 227 Å². The topological polar surface area (TPSA) is 81.7 Å². The summed E-state index contributed by atoms with van der Waals surface area (Å²) in [5.74, 6) is 2.88. The van der Waals surface area contributed by atoms with Crippen molar-refractivity contribution in [3.8, 4) is 0 Å². The van der Waals surface area contributed by atoms with Crippen LogP contribution in [0.25, 0.3) is 0 Å². The molecule has 6 nitrogen and oxygen atoms in total. The molecule has 0 aromatic heterocycles. The zero-order valence-electron chi connectivity index (χ0n) is 22.7. The maximum absolute atomic E-state index is 13.4. The average molecular weight is 528 g/mol. The van der Waals surface area contributed by atoms with Gasteiger partial charge in [0, 0.05) is 30.0 Å². The van der Waals surface area contributed by atoms with E-state index in [-0.39, 0.29) is 23.4 Å². The van der Waals surface area contributed by atoms with Gasteiger partial charge in [0.05, 0.1) is 18.2 Å². The molecule has 2 heterocycles. The van der Waals surface area contributed by atoms with Crippen LogP contribution in [0.2, 0.25) is 0 Å². The molecule has 1 saturated carbocycles. The molecule has 1 aromatic rings. The Morgan fingerprint density at radius 1 is 1.14 bits per heavy atom. The Morgan fingerprint density at radius 2 is 1.86 bits per heavy atom. The molecule has 1 aromatic carbocycles. The summed E-state index contributed by atoms with van der Waals surface area (Å²) in [6.07, 6.45) is 8.42. The second-order valence-electron chi connectivity index (χ2n) is 12.2. The number of likely N-dealkylation sites (tertiary alicyclic amines) is 1. The number of β-amino-alcohol motifs (C(OH)–C–C–N with tert-alkyl or cyclic N) is 1. The molecule has 3 aliphatic rings. The number of amides is 2. The zero-order chi connectivity index (χ0) is 26.4. The molecule has 2 fully saturated rings. The third-order valence-electron chi connectivity index (χ3n) is 8.01. The molecular formula is C30H45N3O3S. The molecule has 2 amide bonds. The van der Waals surface area contributed by atoms with Gasteiger partial charge in [-0.05, 0) is 69.6 Å². The van der Waals surface area contributed by atoms with Gasteiger partial charge in [0.1, 0.15) is 0 Å². The largest absolute Gasteiger partial charge is 0.390 e. The number of rotatable bonds is 8. The maximum Gasteiger partial charge on any atom is 0.248 e. The molecule has 0 bridgehead atoms. The first-order valence-electron chi connectivity index (χ1n) is 14.1. The van der Waals surface area contributed by atoms with Gasteiger partial charge in [-0.2, -0.15) is 11.8 Å². The fourth-order valence-electron chi connectivity index (χ4n) is 6.12. The zero-order valence-corrected chi connectivity index (χ0v) is 23.6. The van der Waals surface area contributed by atoms with Crippen molar-refractivity contribution in [3.63, 3.8) is 0 Å². The van der Waals surface area contributed by atoms with E-state index < -0.39 is 12.1 Å². The standard InChI is InChI=1S/C30H45N3O3S/c1-30(2,3)32-29(36)26-17-22-12-7-8-13-23(22)18-33(26)19-27(34)25(16-21-10-5-4-6-11-21)31-28(35)24-14-9-15-37-20-24/h4-6,10-11,14,22-23,25-27,34H,7-9,12-13,15-20H2,1-3H3,(H,31,35)(H,32,36)/t22-,23+,25-,26-,27+/m0/s1. The summed E-state index contributed by atoms with van der Waals surface area (Å²) in [4.78, 5) is 28.7. The van der Waals surface area contributed by atoms with Crippen LogP contribution in [0, 0.1) is 11.8 Å². The number of hydrogen-bond donors (Lipinski definition) is 3. The summed E-state index contributed by atoms with van der Waals surface area (Å²) in [5.41, 5.74) is 1.57. The maximum atomic E-state index is 13.4. The van der Waals surface area contributed by atoms with E-state index in [2.05, 4.69) is 15.5 Å². The second-order valence-corrected chi connectivity index (χ2v) is 13.3. The van der Waals surface area contributed by atoms with Crippen LogP contribution in [0.3, 0.4) is 0 Å². The molecular weight excluding hydrogens is 482 g/mol. The van der Waals surface area contributed by atoms with Crippen LogP contribution in [0.5, 0.6) is 0 Å². The van der Waals surface area contributed by atoms with Crippen LogP contribution in [-0.2, 0) is 16.0 Å². The number of nitrogens with one attached hydrogen (secondary N) is 2. The molecule has 0 radical (unpaired) electrons. The highest BCUT2D eigenvalue weighted by Gasteiger charge is 2.41. The van der Waals surface area contributed by atoms with Gasteiger partial charge in [-0.25, -0.2) is 0 Å². The number of hydrogen-bond acceptors (Lipinski definition) is 5. The fraction of sp³-hybridized carbons (Fsp3) is 0.667. The van der Waals surface area contributed by atoms with Crippen LogP contribution >= 0.6 is 11.8 Å². The third kappa shape index (κ3) is 8.08. The van der Waals surface area contributed by atoms with Gasteiger partial charge in [-0.15, -0.1) is 0 Å². The van der Waals surface area contributed by atoms with Gasteiger partial charge in [-0.1, -0.05) is 55.7 Å². The molecule has 0 spiro atoms. The predicted molar refractivity (Wildman–Crippen MR) is 151 cm³/mol. The van der Waals surface area contributed by atoms with E-state index in [1.165, 1.54) is 25.7 Å². The number of allylic oxidation sites excluding steroid dienone is 1. The summed E-state index contributed by atoms with van der Waals surface area (Å²) < 4.78 is 0. The monoisotopic (exact) mass is 527 g/mol. The lowest BCUT2D eigenvalue weighted by molar-refractivity contribution is -0.133. The Hall–Kier alpha value is -1.83. The van der Waals surface area contributed by atoms with E-state index in [1.807, 2.05) is 57.2 Å². The fourth-order valence-corrected chi connectivity index (χ4v) is 7.02. The molecule has 0 unspecified atom stereocenters. The quantitative estimate of drug-likeness (QED) is 0.477. The van der Waals surface area contributed by atoms with Crippen molar-refractivity contribution in [1.29, 1.82) is 0 Å². The molecule has 1 saturated heterocycles. The lowest BCUT2D eigenvalue weighted by Gasteiger charge is -2.47. The van der Waals surface area contributed by atoms with Gasteiger partial charge >= 0.3 is 0 Å². The molecule has 1 aliphatic carbocycles. The molecule has 5 atom stereocenters. The van der Waals surface area contributed by atoms with Crippen LogP contribution in [0.15, 0.2) is 42.0 Å². The number of piperidine rings is 1. The van der Waals surface area contributed by atoms with Gasteiger partial charge in [0.25, 0.3) is 0 Å². The van der Waals surface area contributed by atoms with Gasteiger partial charge in [0.15, 0.2) is 0 Å². The number of nitrogens with zero attached hydrogens (tertiary/aromatic N) is 1. The number of carbonyl (C=O) groups excluding carboxylic acids is 2. The van der Waals surface area contributed by atoms with Crippen molar-refractivity contribution in [2.45, 2.75) is 89.4 Å². The number of aliphatic hydroxyl groups is 1. The van der Waals surface area contributed by atoms with Gasteiger partial charge in [-0.3, -0.25) is 14.5 Å². The van der Waals surface area contributed by atoms with Gasteiger partial charge < -0.3 is 15.7 Å². The first kappa shape index (κ1) is 28.2. The first-order valence-corrected chi connectivity index (χ1v) is 15.2. The summed E-state index contributed by atoms with van der Waals surface area (Å²) >= 11 is 1.77. The molecule has 204 valence electrons. The Bertz CT molecular complexity index is 945. The molecule has 37 heavy (non-hydrogen) atoms. The van der Waals surface area contributed by atoms with Crippen molar-refractivity contribution < 1.29 is 14.7 Å². The van der Waals surface area contributed by atoms with E-state index in [0.717, 1.165) is 36.3 Å². The van der Waals surface area contributed by atoms with Crippen molar-refractivity contribution in [1.82, 2.24) is 15.5 Å². The normalized spacial score (nSPS) is 26.4. The number of thioether (sulfide) groups is 1. The smallest absolute Gasteiger partial charge is 0.248 e. The minimum Gasteiger partial charge on any atom is -0.390 e. The van der Waals surface area contributed by atoms with Crippen LogP contribution in [0.1, 0.15) is 64.9 Å². The second kappa shape index (κ2) is 12.8. The van der Waals surface area contributed by atoms with E-state index in [0.29, 0.717) is 30.6 Å². The Balaban J connectivity index is 1.51. The van der Waals surface area contributed by atoms with Crippen LogP contribution in [0.4, 0.5) is 0 Å². The lowest BCUT2D eigenvalue weighted by Crippen LogP contribution is -2.60. The van der Waals surface area contributed by atoms with Crippen molar-refractivity contribution in [2.24, 2.45) is 11.8 Å². The lowest BCUT2D eigenvalue weighted by atomic mass is 9.72. The first-order chi connectivity index (χ1) is 17.7. The summed E-state index contributed by atoms with van der Waals surface area (Å²) in [6, 6.07) is 9.34. The molecule has 3 N–H and O–H groups in total. The van der Waals surface area contributed by atoms with Gasteiger partial charge in [0.2, 0.25) is 11.8 Å². The number of benzene rings is 1. The van der Waals surface area contributed by atoms with Crippen molar-refractivity contribution in [3.05, 3.63) is 47.5 Å².